The Labute approximate surface area is 142 Å². The second-order valence-electron chi connectivity index (χ2n) is 5.66. The molecule has 0 aromatic carbocycles. The van der Waals surface area contributed by atoms with Crippen molar-refractivity contribution in [1.82, 2.24) is 4.98 Å². The van der Waals surface area contributed by atoms with Crippen molar-refractivity contribution in [3.8, 4) is 0 Å². The van der Waals surface area contributed by atoms with E-state index in [0.29, 0.717) is 0 Å². The van der Waals surface area contributed by atoms with Gasteiger partial charge in [0.15, 0.2) is 0 Å². The van der Waals surface area contributed by atoms with E-state index < -0.39 is 68.4 Å². The highest BCUT2D eigenvalue weighted by Gasteiger charge is 2.52. The molecule has 1 aromatic heterocycles. The first-order chi connectivity index (χ1) is 14.1. The van der Waals surface area contributed by atoms with Crippen LogP contribution in [0.5, 0.6) is 0 Å². The van der Waals surface area contributed by atoms with Crippen molar-refractivity contribution < 1.29 is 29.1 Å². The molecule has 0 N–H and O–H groups in total. The van der Waals surface area contributed by atoms with Gasteiger partial charge in [0.25, 0.3) is 0 Å². The van der Waals surface area contributed by atoms with Gasteiger partial charge < -0.3 is 18.9 Å². The molecule has 0 saturated carbocycles. The van der Waals surface area contributed by atoms with Crippen LogP contribution in [0.1, 0.15) is 42.8 Å². The molecule has 0 aliphatic carbocycles. The highest BCUT2D eigenvalue weighted by molar-refractivity contribution is 6.61. The maximum absolute atomic E-state index is 8.57. The lowest BCUT2D eigenvalue weighted by Crippen LogP contribution is -2.41. The first-order valence-corrected chi connectivity index (χ1v) is 6.44. The average Bonchev–Trinajstić information content (AvgIpc) is 2.79. The second-order valence-corrected chi connectivity index (χ2v) is 5.66. The summed E-state index contributed by atoms with van der Waals surface area (Å²) < 4.78 is 105. The summed E-state index contributed by atoms with van der Waals surface area (Å²) >= 11 is 0. The Kier molecular flexibility index (Phi) is 1.65. The van der Waals surface area contributed by atoms with Crippen molar-refractivity contribution in [1.29, 1.82) is 0 Å². The smallest absolute Gasteiger partial charge is 0.398 e. The van der Waals surface area contributed by atoms with E-state index in [4.69, 9.17) is 24.4 Å². The minimum absolute atomic E-state index is 0.00260. The van der Waals surface area contributed by atoms with E-state index in [-0.39, 0.29) is 10.5 Å². The highest BCUT2D eigenvalue weighted by Crippen LogP contribution is 2.36. The summed E-state index contributed by atoms with van der Waals surface area (Å²) in [5.74, 6) is 0. The lowest BCUT2D eigenvalue weighted by molar-refractivity contribution is 0.00578. The molecule has 6 heteroatoms. The average molecular weight is 301 g/mol. The minimum Gasteiger partial charge on any atom is -0.398 e. The molecule has 0 unspecified atom stereocenters. The molecule has 2 saturated heterocycles. The highest BCUT2D eigenvalue weighted by atomic mass is 16.7. The van der Waals surface area contributed by atoms with Crippen LogP contribution in [0.15, 0.2) is 18.3 Å². The zero-order valence-electron chi connectivity index (χ0n) is 23.2. The predicted molar refractivity (Wildman–Crippen MR) is 83.0 cm³/mol. The van der Waals surface area contributed by atoms with Gasteiger partial charge in [0.1, 0.15) is 0 Å². The number of ether oxygens (including phenoxy) is 1. The molecule has 0 atom stereocenters. The molecule has 2 aliphatic heterocycles. The third kappa shape index (κ3) is 2.80. The Hall–Kier alpha value is -1.11. The van der Waals surface area contributed by atoms with Crippen LogP contribution in [0.3, 0.4) is 0 Å². The molecular weight excluding hydrogens is 267 g/mol. The Morgan fingerprint density at radius 3 is 2.48 bits per heavy atom. The predicted octanol–water partition coefficient (Wildman–Crippen LogP) is 1.22. The van der Waals surface area contributed by atoms with E-state index in [1.807, 2.05) is 0 Å². The standard InChI is InChI=1S/C15H23BN2O3/c1-14(2)15(3,4)21-16(20-14)13-11-12(5-6-17-13)18-7-9-19-10-8-18/h5-6,11H,7-10H2,1-4H3/i5D,6D,7D2,8D2,9D2,10D2,11D. The fourth-order valence-corrected chi connectivity index (χ4v) is 1.80. The fraction of sp³-hybridized carbons (Fsp3) is 0.667. The summed E-state index contributed by atoms with van der Waals surface area (Å²) in [7, 11) is -1.32. The number of anilines is 1. The summed E-state index contributed by atoms with van der Waals surface area (Å²) in [6.07, 6.45) is -0.778. The Bertz CT molecular complexity index is 915. The van der Waals surface area contributed by atoms with Gasteiger partial charge in [0.2, 0.25) is 0 Å². The zero-order valence-corrected chi connectivity index (χ0v) is 12.2. The summed E-state index contributed by atoms with van der Waals surface area (Å²) in [5.41, 5.74) is -2.96. The Morgan fingerprint density at radius 2 is 1.86 bits per heavy atom. The number of hydrogen-bond acceptors (Lipinski definition) is 5. The first-order valence-electron chi connectivity index (χ1n) is 11.9. The van der Waals surface area contributed by atoms with E-state index in [0.717, 1.165) is 0 Å². The van der Waals surface area contributed by atoms with E-state index in [1.54, 1.807) is 27.7 Å². The van der Waals surface area contributed by atoms with Crippen LogP contribution in [0.25, 0.3) is 0 Å². The van der Waals surface area contributed by atoms with Crippen LogP contribution >= 0.6 is 0 Å². The molecule has 0 bridgehead atoms. The number of nitrogens with zero attached hydrogens (tertiary/aromatic N) is 2. The summed E-state index contributed by atoms with van der Waals surface area (Å²) in [4.78, 5) is 3.86. The molecule has 0 amide bonds. The third-order valence-electron chi connectivity index (χ3n) is 3.71. The maximum Gasteiger partial charge on any atom is 0.514 e. The molecule has 2 fully saturated rings. The van der Waals surface area contributed by atoms with Crippen LogP contribution in [0, 0.1) is 0 Å². The van der Waals surface area contributed by atoms with E-state index >= 15 is 0 Å². The summed E-state index contributed by atoms with van der Waals surface area (Å²) in [6.45, 7) is -6.63. The monoisotopic (exact) mass is 301 g/mol. The molecule has 2 aliphatic rings. The molecule has 0 radical (unpaired) electrons. The number of rotatable bonds is 2. The molecule has 1 aromatic rings. The quantitative estimate of drug-likeness (QED) is 0.769. The summed E-state index contributed by atoms with van der Waals surface area (Å²) in [6, 6.07) is -1.65. The van der Waals surface area contributed by atoms with Gasteiger partial charge >= 0.3 is 7.12 Å². The van der Waals surface area contributed by atoms with E-state index in [1.165, 1.54) is 0 Å². The normalized spacial score (nSPS) is 41.6. The van der Waals surface area contributed by atoms with Gasteiger partial charge in [0.05, 0.1) is 45.0 Å². The summed E-state index contributed by atoms with van der Waals surface area (Å²) in [5, 5.41) is 0. The minimum atomic E-state index is -3.38. The van der Waals surface area contributed by atoms with Crippen LogP contribution in [0.2, 0.25) is 0 Å². The van der Waals surface area contributed by atoms with Gasteiger partial charge in [-0.1, -0.05) is 0 Å². The van der Waals surface area contributed by atoms with Crippen LogP contribution < -0.4 is 10.5 Å². The molecular formula is C15H23BN2O3. The van der Waals surface area contributed by atoms with E-state index in [9.17, 15) is 0 Å². The van der Waals surface area contributed by atoms with Crippen molar-refractivity contribution in [3.63, 3.8) is 0 Å². The van der Waals surface area contributed by atoms with Crippen molar-refractivity contribution >= 4 is 18.4 Å². The van der Waals surface area contributed by atoms with Crippen molar-refractivity contribution in [2.45, 2.75) is 38.9 Å². The molecule has 3 heterocycles. The first kappa shape index (κ1) is 6.56. The van der Waals surface area contributed by atoms with Crippen molar-refractivity contribution in [2.75, 3.05) is 31.0 Å². The van der Waals surface area contributed by atoms with Gasteiger partial charge in [-0.2, -0.15) is 0 Å². The second kappa shape index (κ2) is 5.27. The van der Waals surface area contributed by atoms with Crippen LogP contribution in [-0.2, 0) is 14.0 Å². The maximum atomic E-state index is 8.57. The van der Waals surface area contributed by atoms with Crippen molar-refractivity contribution in [3.05, 3.63) is 18.3 Å². The van der Waals surface area contributed by atoms with Gasteiger partial charge in [-0.05, 0) is 39.8 Å². The largest absolute Gasteiger partial charge is 0.514 e. The lowest BCUT2D eigenvalue weighted by atomic mass is 9.84. The molecule has 3 rings (SSSR count). The SMILES string of the molecule is [2H]c1nc(B2OC(C)(C)C(C)(C)O2)c([2H])c(N2C([2H])([2H])C([2H])([2H])OC([2H])([2H])C2([2H])[2H])c1[2H]. The molecule has 114 valence electrons. The van der Waals surface area contributed by atoms with Gasteiger partial charge in [0, 0.05) is 24.9 Å². The van der Waals surface area contributed by atoms with Crippen molar-refractivity contribution in [2.24, 2.45) is 0 Å². The van der Waals surface area contributed by atoms with Gasteiger partial charge in [-0.3, -0.25) is 4.98 Å². The number of morpholine rings is 1. The van der Waals surface area contributed by atoms with Crippen LogP contribution in [0.4, 0.5) is 5.69 Å². The van der Waals surface area contributed by atoms with Gasteiger partial charge in [-0.15, -0.1) is 0 Å². The number of aromatic nitrogens is 1. The Morgan fingerprint density at radius 1 is 1.24 bits per heavy atom. The fourth-order valence-electron chi connectivity index (χ4n) is 1.80. The van der Waals surface area contributed by atoms with Crippen LogP contribution in [-0.4, -0.2) is 49.4 Å². The molecule has 0 spiro atoms. The number of hydrogen-bond donors (Lipinski definition) is 0. The third-order valence-corrected chi connectivity index (χ3v) is 3.71. The van der Waals surface area contributed by atoms with E-state index in [2.05, 4.69) is 9.72 Å². The lowest BCUT2D eigenvalue weighted by Gasteiger charge is -2.32. The van der Waals surface area contributed by atoms with Gasteiger partial charge in [-0.25, -0.2) is 0 Å². The molecule has 21 heavy (non-hydrogen) atoms. The number of pyridine rings is 1. The zero-order chi connectivity index (χ0) is 24.9. The topological polar surface area (TPSA) is 43.8 Å². The Balaban J connectivity index is 2.28. The molecule has 5 nitrogen and oxygen atoms in total.